The van der Waals surface area contributed by atoms with Crippen molar-refractivity contribution in [3.63, 3.8) is 0 Å². The minimum Gasteiger partial charge on any atom is -0.245 e. The van der Waals surface area contributed by atoms with Gasteiger partial charge in [-0.2, -0.15) is 5.26 Å². The van der Waals surface area contributed by atoms with Crippen LogP contribution in [0.1, 0.15) is 25.1 Å². The average Bonchev–Trinajstić information content (AvgIpc) is 2.08. The topological polar surface area (TPSA) is 36.7 Å². The fourth-order valence-corrected chi connectivity index (χ4v) is 1.59. The number of rotatable bonds is 2. The molecule has 0 aliphatic heterocycles. The van der Waals surface area contributed by atoms with Crippen LogP contribution in [0.4, 0.5) is 0 Å². The highest BCUT2D eigenvalue weighted by atomic mass is 79.9. The van der Waals surface area contributed by atoms with Crippen molar-refractivity contribution < 1.29 is 0 Å². The molecule has 0 aliphatic rings. The Morgan fingerprint density at radius 2 is 2.31 bits per heavy atom. The molecular weight excluding hydrogens is 228 g/mol. The number of nitrogens with zero attached hydrogens (tertiary/aromatic N) is 2. The molecule has 0 atom stereocenters. The first-order valence-corrected chi connectivity index (χ1v) is 4.97. The van der Waals surface area contributed by atoms with Crippen LogP contribution in [0, 0.1) is 17.2 Å². The minimum atomic E-state index is 0.458. The maximum absolute atomic E-state index is 8.60. The summed E-state index contributed by atoms with van der Waals surface area (Å²) >= 11 is 3.43. The van der Waals surface area contributed by atoms with E-state index in [2.05, 4.69) is 34.8 Å². The zero-order valence-corrected chi connectivity index (χ0v) is 9.30. The van der Waals surface area contributed by atoms with Gasteiger partial charge in [-0.25, -0.2) is 4.98 Å². The largest absolute Gasteiger partial charge is 0.245 e. The lowest BCUT2D eigenvalue weighted by Crippen LogP contribution is -1.97. The molecule has 0 N–H and O–H groups in total. The molecule has 0 aliphatic carbocycles. The Kier molecular flexibility index (Phi) is 3.44. The lowest BCUT2D eigenvalue weighted by molar-refractivity contribution is 0.644. The first-order valence-electron chi connectivity index (χ1n) is 4.18. The van der Waals surface area contributed by atoms with E-state index in [1.165, 1.54) is 0 Å². The molecule has 0 unspecified atom stereocenters. The number of hydrogen-bond donors (Lipinski definition) is 0. The molecule has 0 bridgehead atoms. The first-order chi connectivity index (χ1) is 6.13. The van der Waals surface area contributed by atoms with Crippen LogP contribution in [-0.4, -0.2) is 4.98 Å². The van der Waals surface area contributed by atoms with E-state index in [1.807, 2.05) is 6.07 Å². The Balaban J connectivity index is 2.93. The molecule has 13 heavy (non-hydrogen) atoms. The van der Waals surface area contributed by atoms with Gasteiger partial charge in [-0.1, -0.05) is 29.8 Å². The van der Waals surface area contributed by atoms with Crippen molar-refractivity contribution >= 4 is 15.9 Å². The molecule has 0 fully saturated rings. The van der Waals surface area contributed by atoms with Crippen molar-refractivity contribution in [3.05, 3.63) is 28.0 Å². The van der Waals surface area contributed by atoms with E-state index in [9.17, 15) is 0 Å². The molecule has 68 valence electrons. The predicted molar refractivity (Wildman–Crippen MR) is 55.2 cm³/mol. The number of nitriles is 1. The van der Waals surface area contributed by atoms with E-state index >= 15 is 0 Å². The lowest BCUT2D eigenvalue weighted by Gasteiger charge is -2.06. The van der Waals surface area contributed by atoms with E-state index in [1.54, 1.807) is 12.3 Å². The molecule has 2 nitrogen and oxygen atoms in total. The third-order valence-electron chi connectivity index (χ3n) is 1.67. The standard InChI is InChI=1S/C10H11BrN2/c1-7(2)3-8-6-13-9(5-12)4-10(8)11/h4,6-7H,3H2,1-2H3. The van der Waals surface area contributed by atoms with E-state index in [0.717, 1.165) is 16.5 Å². The van der Waals surface area contributed by atoms with Gasteiger partial charge in [0.2, 0.25) is 0 Å². The van der Waals surface area contributed by atoms with Crippen LogP contribution in [-0.2, 0) is 6.42 Å². The summed E-state index contributed by atoms with van der Waals surface area (Å²) < 4.78 is 0.979. The molecule has 1 rings (SSSR count). The van der Waals surface area contributed by atoms with E-state index in [4.69, 9.17) is 5.26 Å². The van der Waals surface area contributed by atoms with Crippen LogP contribution in [0.15, 0.2) is 16.7 Å². The molecule has 0 saturated heterocycles. The zero-order valence-electron chi connectivity index (χ0n) is 7.71. The second-order valence-electron chi connectivity index (χ2n) is 3.37. The summed E-state index contributed by atoms with van der Waals surface area (Å²) in [5, 5.41) is 8.60. The number of hydrogen-bond acceptors (Lipinski definition) is 2. The summed E-state index contributed by atoms with van der Waals surface area (Å²) in [6.45, 7) is 4.31. The van der Waals surface area contributed by atoms with E-state index in [-0.39, 0.29) is 0 Å². The second-order valence-corrected chi connectivity index (χ2v) is 4.23. The fourth-order valence-electron chi connectivity index (χ4n) is 1.11. The van der Waals surface area contributed by atoms with Gasteiger partial charge >= 0.3 is 0 Å². The molecule has 0 amide bonds. The minimum absolute atomic E-state index is 0.458. The van der Waals surface area contributed by atoms with Crippen LogP contribution < -0.4 is 0 Å². The molecule has 3 heteroatoms. The SMILES string of the molecule is CC(C)Cc1cnc(C#N)cc1Br. The second kappa shape index (κ2) is 4.38. The summed E-state index contributed by atoms with van der Waals surface area (Å²) in [7, 11) is 0. The highest BCUT2D eigenvalue weighted by molar-refractivity contribution is 9.10. The quantitative estimate of drug-likeness (QED) is 0.795. The summed E-state index contributed by atoms with van der Waals surface area (Å²) in [6.07, 6.45) is 2.75. The van der Waals surface area contributed by atoms with Crippen molar-refractivity contribution in [3.8, 4) is 6.07 Å². The Morgan fingerprint density at radius 3 is 2.77 bits per heavy atom. The van der Waals surface area contributed by atoms with E-state index in [0.29, 0.717) is 11.6 Å². The van der Waals surface area contributed by atoms with Gasteiger partial charge in [0.15, 0.2) is 0 Å². The van der Waals surface area contributed by atoms with Gasteiger partial charge in [0, 0.05) is 10.7 Å². The smallest absolute Gasteiger partial charge is 0.141 e. The third-order valence-corrected chi connectivity index (χ3v) is 2.41. The molecule has 1 aromatic rings. The fraction of sp³-hybridized carbons (Fsp3) is 0.400. The van der Waals surface area contributed by atoms with Gasteiger partial charge in [0.25, 0.3) is 0 Å². The van der Waals surface area contributed by atoms with Gasteiger partial charge in [-0.15, -0.1) is 0 Å². The Hall–Kier alpha value is -0.880. The highest BCUT2D eigenvalue weighted by Gasteiger charge is 2.04. The van der Waals surface area contributed by atoms with Gasteiger partial charge in [0.05, 0.1) is 0 Å². The van der Waals surface area contributed by atoms with Crippen LogP contribution in [0.3, 0.4) is 0 Å². The Bertz CT molecular complexity index is 339. The Labute approximate surface area is 86.7 Å². The van der Waals surface area contributed by atoms with Crippen LogP contribution in [0.25, 0.3) is 0 Å². The predicted octanol–water partition coefficient (Wildman–Crippen LogP) is 2.91. The average molecular weight is 239 g/mol. The molecule has 0 aromatic carbocycles. The number of halogens is 1. The summed E-state index contributed by atoms with van der Waals surface area (Å²) in [4.78, 5) is 4.02. The zero-order chi connectivity index (χ0) is 9.84. The van der Waals surface area contributed by atoms with Crippen LogP contribution in [0.5, 0.6) is 0 Å². The molecule has 0 radical (unpaired) electrons. The summed E-state index contributed by atoms with van der Waals surface area (Å²) in [5.41, 5.74) is 1.62. The number of aromatic nitrogens is 1. The van der Waals surface area contributed by atoms with Crippen LogP contribution in [0.2, 0.25) is 0 Å². The monoisotopic (exact) mass is 238 g/mol. The van der Waals surface area contributed by atoms with Crippen molar-refractivity contribution in [2.24, 2.45) is 5.92 Å². The summed E-state index contributed by atoms with van der Waals surface area (Å²) in [5.74, 6) is 0.603. The first kappa shape index (κ1) is 10.2. The molecule has 0 spiro atoms. The van der Waals surface area contributed by atoms with Gasteiger partial charge in [-0.05, 0) is 24.0 Å². The van der Waals surface area contributed by atoms with Crippen LogP contribution >= 0.6 is 15.9 Å². The maximum Gasteiger partial charge on any atom is 0.141 e. The highest BCUT2D eigenvalue weighted by Crippen LogP contribution is 2.19. The van der Waals surface area contributed by atoms with Crippen molar-refractivity contribution in [1.29, 1.82) is 5.26 Å². The van der Waals surface area contributed by atoms with Crippen molar-refractivity contribution in [2.75, 3.05) is 0 Å². The number of pyridine rings is 1. The molecule has 0 saturated carbocycles. The van der Waals surface area contributed by atoms with Crippen molar-refractivity contribution in [1.82, 2.24) is 4.98 Å². The summed E-state index contributed by atoms with van der Waals surface area (Å²) in [6, 6.07) is 3.77. The van der Waals surface area contributed by atoms with Crippen molar-refractivity contribution in [2.45, 2.75) is 20.3 Å². The normalized spacial score (nSPS) is 10.1. The molecule has 1 aromatic heterocycles. The van der Waals surface area contributed by atoms with Gasteiger partial charge in [-0.3, -0.25) is 0 Å². The van der Waals surface area contributed by atoms with E-state index < -0.39 is 0 Å². The lowest BCUT2D eigenvalue weighted by atomic mass is 10.0. The van der Waals surface area contributed by atoms with Gasteiger partial charge < -0.3 is 0 Å². The third kappa shape index (κ3) is 2.82. The van der Waals surface area contributed by atoms with Gasteiger partial charge in [0.1, 0.15) is 11.8 Å². The Morgan fingerprint density at radius 1 is 1.62 bits per heavy atom. The molecular formula is C10H11BrN2. The maximum atomic E-state index is 8.60. The molecule has 1 heterocycles.